The summed E-state index contributed by atoms with van der Waals surface area (Å²) in [5.74, 6) is 3.57. The van der Waals surface area contributed by atoms with Gasteiger partial charge in [0.15, 0.2) is 23.0 Å². The zero-order chi connectivity index (χ0) is 23.8. The molecule has 1 aromatic heterocycles. The van der Waals surface area contributed by atoms with Gasteiger partial charge in [0.25, 0.3) is 0 Å². The molecule has 33 heavy (non-hydrogen) atoms. The summed E-state index contributed by atoms with van der Waals surface area (Å²) in [6.45, 7) is 0.522. The van der Waals surface area contributed by atoms with E-state index in [0.29, 0.717) is 29.5 Å². The van der Waals surface area contributed by atoms with Gasteiger partial charge in [-0.15, -0.1) is 6.42 Å². The molecule has 10 nitrogen and oxygen atoms in total. The van der Waals surface area contributed by atoms with E-state index in [4.69, 9.17) is 24.7 Å². The summed E-state index contributed by atoms with van der Waals surface area (Å²) >= 11 is 0. The molecular weight excluding hydrogens is 432 g/mol. The lowest BCUT2D eigenvalue weighted by Crippen LogP contribution is -2.01. The Kier molecular flexibility index (Phi) is 7.39. The number of carbonyl (C=O) groups is 2. The molecule has 0 bridgehead atoms. The molecular formula is C23H20N2O8. The van der Waals surface area contributed by atoms with Gasteiger partial charge in [-0.1, -0.05) is 0 Å². The number of anilines is 1. The van der Waals surface area contributed by atoms with Crippen molar-refractivity contribution >= 4 is 28.5 Å². The Hall–Kier alpha value is -4.65. The van der Waals surface area contributed by atoms with Crippen molar-refractivity contribution < 1.29 is 38.0 Å². The number of aromatic nitrogens is 1. The van der Waals surface area contributed by atoms with Crippen molar-refractivity contribution in [3.63, 3.8) is 0 Å². The van der Waals surface area contributed by atoms with E-state index in [1.165, 1.54) is 20.4 Å². The Morgan fingerprint density at radius 2 is 1.58 bits per heavy atom. The van der Waals surface area contributed by atoms with Gasteiger partial charge in [-0.25, -0.2) is 9.59 Å². The largest absolute Gasteiger partial charge is 0.465 e. The van der Waals surface area contributed by atoms with E-state index in [1.807, 2.05) is 0 Å². The molecule has 0 spiro atoms. The van der Waals surface area contributed by atoms with Crippen molar-refractivity contribution in [3.8, 4) is 35.3 Å². The average molecular weight is 452 g/mol. The van der Waals surface area contributed by atoms with E-state index in [1.54, 1.807) is 42.3 Å². The lowest BCUT2D eigenvalue weighted by Gasteiger charge is -2.02. The minimum Gasteiger partial charge on any atom is -0.465 e. The van der Waals surface area contributed by atoms with Gasteiger partial charge in [-0.05, 0) is 24.3 Å². The maximum atomic E-state index is 11.4. The minimum absolute atomic E-state index is 0.218. The van der Waals surface area contributed by atoms with Crippen LogP contribution in [0.15, 0.2) is 42.6 Å². The molecule has 2 aliphatic rings. The number of carbonyl (C=O) groups excluding carboxylic acids is 2. The summed E-state index contributed by atoms with van der Waals surface area (Å²) in [5.41, 5.74) is 7.36. The number of hydrogen-bond acceptors (Lipinski definition) is 10. The molecule has 0 aliphatic carbocycles. The van der Waals surface area contributed by atoms with Crippen LogP contribution in [-0.2, 0) is 14.3 Å². The summed E-state index contributed by atoms with van der Waals surface area (Å²) < 4.78 is 29.3. The van der Waals surface area contributed by atoms with Crippen LogP contribution in [0.3, 0.4) is 0 Å². The lowest BCUT2D eigenvalue weighted by molar-refractivity contribution is -0.133. The smallest absolute Gasteiger partial charge is 0.383 e. The number of terminal acetylenes is 1. The van der Waals surface area contributed by atoms with Gasteiger partial charge in [0.05, 0.1) is 25.3 Å². The fourth-order valence-electron chi connectivity index (χ4n) is 2.72. The molecule has 0 atom stereocenters. The first-order valence-corrected chi connectivity index (χ1v) is 9.42. The quantitative estimate of drug-likeness (QED) is 0.254. The highest BCUT2D eigenvalue weighted by Crippen LogP contribution is 2.35. The Bertz CT molecular complexity index is 1220. The van der Waals surface area contributed by atoms with Gasteiger partial charge in [0, 0.05) is 35.3 Å². The van der Waals surface area contributed by atoms with Gasteiger partial charge >= 0.3 is 11.9 Å². The predicted octanol–water partition coefficient (Wildman–Crippen LogP) is 2.54. The number of rotatable bonds is 1. The van der Waals surface area contributed by atoms with Crippen LogP contribution in [0.2, 0.25) is 0 Å². The first-order chi connectivity index (χ1) is 15.9. The van der Waals surface area contributed by atoms with Gasteiger partial charge in [0.1, 0.15) is 0 Å². The number of methoxy groups -OCH3 is 2. The van der Waals surface area contributed by atoms with Crippen molar-refractivity contribution in [1.29, 1.82) is 0 Å². The molecule has 5 rings (SSSR count). The monoisotopic (exact) mass is 452 g/mol. The van der Waals surface area contributed by atoms with Gasteiger partial charge in [-0.2, -0.15) is 0 Å². The van der Waals surface area contributed by atoms with Crippen molar-refractivity contribution in [3.05, 3.63) is 48.2 Å². The molecule has 0 fully saturated rings. The van der Waals surface area contributed by atoms with Crippen LogP contribution >= 0.6 is 0 Å². The highest BCUT2D eigenvalue weighted by atomic mass is 16.7. The average Bonchev–Trinajstić information content (AvgIpc) is 3.50. The molecule has 2 aromatic carbocycles. The third-order valence-corrected chi connectivity index (χ3v) is 4.30. The molecule has 3 heterocycles. The fraction of sp³-hybridized carbons (Fsp3) is 0.174. The molecule has 0 saturated carbocycles. The summed E-state index contributed by atoms with van der Waals surface area (Å²) in [6, 6.07) is 10.7. The van der Waals surface area contributed by atoms with E-state index in [2.05, 4.69) is 20.9 Å². The van der Waals surface area contributed by atoms with Crippen LogP contribution in [-0.4, -0.2) is 44.7 Å². The third kappa shape index (κ3) is 5.74. The molecule has 0 unspecified atom stereocenters. The third-order valence-electron chi connectivity index (χ3n) is 4.30. The summed E-state index contributed by atoms with van der Waals surface area (Å²) in [7, 11) is 2.58. The number of benzene rings is 2. The molecule has 2 N–H and O–H groups in total. The predicted molar refractivity (Wildman–Crippen MR) is 117 cm³/mol. The number of hydrogen-bond donors (Lipinski definition) is 1. The van der Waals surface area contributed by atoms with Crippen LogP contribution < -0.4 is 24.7 Å². The molecule has 3 aromatic rings. The number of pyridine rings is 1. The zero-order valence-corrected chi connectivity index (χ0v) is 17.8. The van der Waals surface area contributed by atoms with Crippen molar-refractivity contribution in [2.75, 3.05) is 33.5 Å². The molecule has 0 amide bonds. The SMILES string of the molecule is C#CC(=O)OC.COC(=O)c1cnc2cc3c(cc2c1)OCO3.Nc1ccc2c(c1)OCO2. The summed E-state index contributed by atoms with van der Waals surface area (Å²) in [5, 5.41) is 0.817. The van der Waals surface area contributed by atoms with Crippen LogP contribution in [0.5, 0.6) is 23.0 Å². The van der Waals surface area contributed by atoms with Gasteiger partial charge in [0.2, 0.25) is 13.6 Å². The number of nitrogens with two attached hydrogens (primary N) is 1. The topological polar surface area (TPSA) is 128 Å². The second-order valence-electron chi connectivity index (χ2n) is 6.36. The number of nitrogen functional groups attached to an aromatic ring is 1. The van der Waals surface area contributed by atoms with Gasteiger partial charge in [-0.3, -0.25) is 4.98 Å². The number of nitrogens with zero attached hydrogens (tertiary/aromatic N) is 1. The van der Waals surface area contributed by atoms with E-state index < -0.39 is 11.9 Å². The van der Waals surface area contributed by atoms with E-state index in [0.717, 1.165) is 22.4 Å². The maximum Gasteiger partial charge on any atom is 0.383 e. The zero-order valence-electron chi connectivity index (χ0n) is 17.8. The minimum atomic E-state index is -0.630. The maximum absolute atomic E-state index is 11.4. The summed E-state index contributed by atoms with van der Waals surface area (Å²) in [6.07, 6.45) is 6.04. The van der Waals surface area contributed by atoms with Crippen LogP contribution in [0, 0.1) is 12.3 Å². The number of ether oxygens (including phenoxy) is 6. The first-order valence-electron chi connectivity index (χ1n) is 9.42. The molecule has 10 heteroatoms. The molecule has 0 saturated heterocycles. The van der Waals surface area contributed by atoms with Gasteiger partial charge < -0.3 is 34.2 Å². The van der Waals surface area contributed by atoms with Crippen LogP contribution in [0.4, 0.5) is 5.69 Å². The number of esters is 2. The normalized spacial score (nSPS) is 11.8. The Morgan fingerprint density at radius 1 is 0.939 bits per heavy atom. The van der Waals surface area contributed by atoms with Crippen molar-refractivity contribution in [1.82, 2.24) is 4.98 Å². The second kappa shape index (κ2) is 10.6. The van der Waals surface area contributed by atoms with Crippen molar-refractivity contribution in [2.24, 2.45) is 0 Å². The highest BCUT2D eigenvalue weighted by Gasteiger charge is 2.16. The fourth-order valence-corrected chi connectivity index (χ4v) is 2.72. The molecule has 0 radical (unpaired) electrons. The standard InChI is InChI=1S/C12H9NO4.C7H7NO2.C4H4O2/c1-15-12(14)8-2-7-3-10-11(17-6-16-10)4-9(7)13-5-8;8-5-1-2-6-7(3-5)10-4-9-6;1-3-4(5)6-2/h2-5H,6H2,1H3;1-3H,4,8H2;1H,2H3. The van der Waals surface area contributed by atoms with E-state index in [9.17, 15) is 9.59 Å². The Morgan fingerprint density at radius 3 is 2.18 bits per heavy atom. The summed E-state index contributed by atoms with van der Waals surface area (Å²) in [4.78, 5) is 25.3. The molecule has 2 aliphatic heterocycles. The highest BCUT2D eigenvalue weighted by molar-refractivity contribution is 5.94. The molecule has 170 valence electrons. The van der Waals surface area contributed by atoms with Crippen LogP contribution in [0.25, 0.3) is 10.9 Å². The Labute approximate surface area is 189 Å². The Balaban J connectivity index is 0.000000162. The first kappa shape index (κ1) is 23.0. The van der Waals surface area contributed by atoms with E-state index in [-0.39, 0.29) is 6.79 Å². The number of fused-ring (bicyclic) bond motifs is 3. The van der Waals surface area contributed by atoms with Crippen LogP contribution in [0.1, 0.15) is 10.4 Å². The van der Waals surface area contributed by atoms with E-state index >= 15 is 0 Å². The van der Waals surface area contributed by atoms with Crippen molar-refractivity contribution in [2.45, 2.75) is 0 Å². The second-order valence-corrected chi connectivity index (χ2v) is 6.36. The lowest BCUT2D eigenvalue weighted by atomic mass is 10.1.